The first-order valence-electron chi connectivity index (χ1n) is 7.08. The third-order valence-corrected chi connectivity index (χ3v) is 3.09. The molecule has 0 spiro atoms. The van der Waals surface area contributed by atoms with Crippen LogP contribution in [0.3, 0.4) is 0 Å². The Bertz CT molecular complexity index is 333. The average Bonchev–Trinajstić information content (AvgIpc) is 2.27. The van der Waals surface area contributed by atoms with Crippen LogP contribution in [0.15, 0.2) is 4.99 Å². The molecule has 0 bridgehead atoms. The van der Waals surface area contributed by atoms with Gasteiger partial charge >= 0.3 is 0 Å². The Balaban J connectivity index is 2.43. The summed E-state index contributed by atoms with van der Waals surface area (Å²) >= 11 is 0. The molecule has 1 heterocycles. The fraction of sp³-hybridized carbons (Fsp3) is 0.857. The van der Waals surface area contributed by atoms with Crippen molar-refractivity contribution >= 4 is 11.9 Å². The molecule has 0 aromatic carbocycles. The zero-order chi connectivity index (χ0) is 14.5. The van der Waals surface area contributed by atoms with Crippen molar-refractivity contribution in [3.8, 4) is 0 Å². The second kappa shape index (κ2) is 6.78. The van der Waals surface area contributed by atoms with Crippen molar-refractivity contribution in [1.29, 1.82) is 0 Å². The number of hydrogen-bond acceptors (Lipinski definition) is 2. The van der Waals surface area contributed by atoms with E-state index in [4.69, 9.17) is 0 Å². The van der Waals surface area contributed by atoms with Crippen LogP contribution in [0, 0.1) is 5.92 Å². The molecule has 1 rings (SSSR count). The average molecular weight is 268 g/mol. The molecule has 0 saturated carbocycles. The summed E-state index contributed by atoms with van der Waals surface area (Å²) in [7, 11) is 1.77. The lowest BCUT2D eigenvalue weighted by molar-refractivity contribution is -0.121. The van der Waals surface area contributed by atoms with E-state index in [-0.39, 0.29) is 18.0 Å². The SMILES string of the molecule is CN=C(NCC(=O)NC(C)(C)C)N1CCCC(C)C1. The summed E-state index contributed by atoms with van der Waals surface area (Å²) in [6.45, 7) is 10.5. The maximum absolute atomic E-state index is 11.8. The molecule has 5 heteroatoms. The normalized spacial score (nSPS) is 21.2. The number of aliphatic imine (C=N–C) groups is 1. The van der Waals surface area contributed by atoms with Gasteiger partial charge in [-0.2, -0.15) is 0 Å². The molecule has 0 aromatic heterocycles. The summed E-state index contributed by atoms with van der Waals surface area (Å²) < 4.78 is 0. The summed E-state index contributed by atoms with van der Waals surface area (Å²) in [5, 5.41) is 6.08. The van der Waals surface area contributed by atoms with Crippen LogP contribution in [0.4, 0.5) is 0 Å². The van der Waals surface area contributed by atoms with Gasteiger partial charge in [0.15, 0.2) is 5.96 Å². The summed E-state index contributed by atoms with van der Waals surface area (Å²) in [4.78, 5) is 18.3. The highest BCUT2D eigenvalue weighted by atomic mass is 16.2. The molecule has 110 valence electrons. The summed E-state index contributed by atoms with van der Waals surface area (Å²) in [6, 6.07) is 0. The molecule has 0 aliphatic carbocycles. The molecular formula is C14H28N4O. The second-order valence-electron chi connectivity index (χ2n) is 6.39. The van der Waals surface area contributed by atoms with Gasteiger partial charge in [0.2, 0.25) is 5.91 Å². The lowest BCUT2D eigenvalue weighted by atomic mass is 10.0. The molecule has 19 heavy (non-hydrogen) atoms. The number of nitrogens with zero attached hydrogens (tertiary/aromatic N) is 2. The van der Waals surface area contributed by atoms with Crippen LogP contribution in [0.2, 0.25) is 0 Å². The molecule has 1 unspecified atom stereocenters. The van der Waals surface area contributed by atoms with E-state index in [1.54, 1.807) is 7.05 Å². The molecule has 5 nitrogen and oxygen atoms in total. The zero-order valence-electron chi connectivity index (χ0n) is 12.9. The first kappa shape index (κ1) is 15.8. The number of carbonyl (C=O) groups excluding carboxylic acids is 1. The van der Waals surface area contributed by atoms with E-state index in [9.17, 15) is 4.79 Å². The van der Waals surface area contributed by atoms with Gasteiger partial charge in [-0.15, -0.1) is 0 Å². The number of guanidine groups is 1. The van der Waals surface area contributed by atoms with Crippen LogP contribution < -0.4 is 10.6 Å². The largest absolute Gasteiger partial charge is 0.350 e. The molecule has 1 saturated heterocycles. The van der Waals surface area contributed by atoms with Crippen LogP contribution in [0.25, 0.3) is 0 Å². The number of nitrogens with one attached hydrogen (secondary N) is 2. The number of carbonyl (C=O) groups is 1. The van der Waals surface area contributed by atoms with Crippen LogP contribution >= 0.6 is 0 Å². The lowest BCUT2D eigenvalue weighted by Crippen LogP contribution is -2.50. The van der Waals surface area contributed by atoms with Crippen LogP contribution in [0.5, 0.6) is 0 Å². The molecule has 1 aliphatic rings. The van der Waals surface area contributed by atoms with Gasteiger partial charge < -0.3 is 15.5 Å². The minimum atomic E-state index is -0.193. The van der Waals surface area contributed by atoms with E-state index >= 15 is 0 Å². The van der Waals surface area contributed by atoms with Gasteiger partial charge in [-0.25, -0.2) is 0 Å². The Hall–Kier alpha value is -1.26. The number of rotatable bonds is 2. The van der Waals surface area contributed by atoms with Gasteiger partial charge in [0.1, 0.15) is 0 Å². The van der Waals surface area contributed by atoms with Crippen LogP contribution in [-0.4, -0.2) is 49.0 Å². The molecule has 1 amide bonds. The van der Waals surface area contributed by atoms with Crippen molar-refractivity contribution in [1.82, 2.24) is 15.5 Å². The lowest BCUT2D eigenvalue weighted by Gasteiger charge is -2.33. The van der Waals surface area contributed by atoms with E-state index in [1.165, 1.54) is 12.8 Å². The third kappa shape index (κ3) is 5.94. The molecule has 1 atom stereocenters. The van der Waals surface area contributed by atoms with Crippen molar-refractivity contribution < 1.29 is 4.79 Å². The van der Waals surface area contributed by atoms with E-state index in [0.29, 0.717) is 5.92 Å². The second-order valence-corrected chi connectivity index (χ2v) is 6.39. The summed E-state index contributed by atoms with van der Waals surface area (Å²) in [5.41, 5.74) is -0.193. The molecule has 0 aromatic rings. The standard InChI is InChI=1S/C14H28N4O/c1-11-7-6-8-18(10-11)13(15-5)16-9-12(19)17-14(2,3)4/h11H,6-10H2,1-5H3,(H,15,16)(H,17,19). The van der Waals surface area contributed by atoms with Gasteiger partial charge in [0, 0.05) is 25.7 Å². The first-order chi connectivity index (χ1) is 8.81. The smallest absolute Gasteiger partial charge is 0.239 e. The highest BCUT2D eigenvalue weighted by molar-refractivity contribution is 5.86. The van der Waals surface area contributed by atoms with Crippen LogP contribution in [-0.2, 0) is 4.79 Å². The van der Waals surface area contributed by atoms with Crippen molar-refractivity contribution in [2.45, 2.75) is 46.1 Å². The van der Waals surface area contributed by atoms with Crippen LogP contribution in [0.1, 0.15) is 40.5 Å². The summed E-state index contributed by atoms with van der Waals surface area (Å²) in [6.07, 6.45) is 2.47. The maximum Gasteiger partial charge on any atom is 0.239 e. The van der Waals surface area contributed by atoms with Gasteiger partial charge in [0.25, 0.3) is 0 Å². The van der Waals surface area contributed by atoms with E-state index in [2.05, 4.69) is 27.4 Å². The molecule has 1 fully saturated rings. The first-order valence-corrected chi connectivity index (χ1v) is 7.08. The van der Waals surface area contributed by atoms with Gasteiger partial charge in [-0.3, -0.25) is 9.79 Å². The van der Waals surface area contributed by atoms with Gasteiger partial charge in [-0.05, 0) is 39.5 Å². The summed E-state index contributed by atoms with van der Waals surface area (Å²) in [5.74, 6) is 1.52. The van der Waals surface area contributed by atoms with Crippen molar-refractivity contribution in [2.24, 2.45) is 10.9 Å². The number of amides is 1. The monoisotopic (exact) mass is 268 g/mol. The highest BCUT2D eigenvalue weighted by Crippen LogP contribution is 2.15. The minimum Gasteiger partial charge on any atom is -0.350 e. The number of likely N-dealkylation sites (tertiary alicyclic amines) is 1. The Morgan fingerprint density at radius 2 is 2.11 bits per heavy atom. The van der Waals surface area contributed by atoms with Crippen molar-refractivity contribution in [3.05, 3.63) is 0 Å². The Morgan fingerprint density at radius 3 is 2.63 bits per heavy atom. The highest BCUT2D eigenvalue weighted by Gasteiger charge is 2.20. The molecular weight excluding hydrogens is 240 g/mol. The van der Waals surface area contributed by atoms with Crippen molar-refractivity contribution in [3.63, 3.8) is 0 Å². The molecule has 0 radical (unpaired) electrons. The number of piperidine rings is 1. The fourth-order valence-corrected chi connectivity index (χ4v) is 2.34. The zero-order valence-corrected chi connectivity index (χ0v) is 12.9. The number of hydrogen-bond donors (Lipinski definition) is 2. The quantitative estimate of drug-likeness (QED) is 0.584. The molecule has 2 N–H and O–H groups in total. The predicted octanol–water partition coefficient (Wildman–Crippen LogP) is 1.21. The van der Waals surface area contributed by atoms with Gasteiger partial charge in [0.05, 0.1) is 6.54 Å². The van der Waals surface area contributed by atoms with E-state index < -0.39 is 0 Å². The third-order valence-electron chi connectivity index (χ3n) is 3.09. The topological polar surface area (TPSA) is 56.7 Å². The fourth-order valence-electron chi connectivity index (χ4n) is 2.34. The van der Waals surface area contributed by atoms with Crippen molar-refractivity contribution in [2.75, 3.05) is 26.7 Å². The Morgan fingerprint density at radius 1 is 1.42 bits per heavy atom. The minimum absolute atomic E-state index is 0.00120. The maximum atomic E-state index is 11.8. The Labute approximate surface area is 116 Å². The van der Waals surface area contributed by atoms with Gasteiger partial charge in [-0.1, -0.05) is 6.92 Å². The predicted molar refractivity (Wildman–Crippen MR) is 79.2 cm³/mol. The van der Waals surface area contributed by atoms with E-state index in [1.807, 2.05) is 20.8 Å². The Kier molecular flexibility index (Phi) is 5.63. The molecule has 1 aliphatic heterocycles. The van der Waals surface area contributed by atoms with E-state index in [0.717, 1.165) is 19.0 Å².